The first kappa shape index (κ1) is 14.5. The molecule has 0 saturated carbocycles. The molecule has 2 heteroatoms. The molecule has 0 aromatic heterocycles. The molecule has 0 aliphatic carbocycles. The Morgan fingerprint density at radius 3 is 1.89 bits per heavy atom. The van der Waals surface area contributed by atoms with Crippen LogP contribution >= 0.6 is 0 Å². The second-order valence-electron chi connectivity index (χ2n) is 6.22. The third kappa shape index (κ3) is 3.58. The van der Waals surface area contributed by atoms with Gasteiger partial charge in [0.2, 0.25) is 0 Å². The summed E-state index contributed by atoms with van der Waals surface area (Å²) in [6.45, 7) is 9.00. The van der Waals surface area contributed by atoms with Gasteiger partial charge >= 0.3 is 0 Å². The molecule has 0 spiro atoms. The molecule has 2 rings (SSSR count). The summed E-state index contributed by atoms with van der Waals surface area (Å²) in [6.07, 6.45) is 4.00. The van der Waals surface area contributed by atoms with Crippen LogP contribution in [0.2, 0.25) is 0 Å². The molecule has 2 atom stereocenters. The standard InChI is InChI=1S/C17H28N2/c1-13(2)15-7-9-16(10-8-15)17(14(3)18)19-11-5-4-6-12-19/h7-10,13-14,17H,4-6,11-12,18H2,1-3H3. The van der Waals surface area contributed by atoms with Crippen molar-refractivity contribution in [3.05, 3.63) is 35.4 Å². The molecule has 1 aromatic carbocycles. The zero-order valence-electron chi connectivity index (χ0n) is 12.6. The number of nitrogens with zero attached hydrogens (tertiary/aromatic N) is 1. The van der Waals surface area contributed by atoms with Gasteiger partial charge < -0.3 is 5.73 Å². The summed E-state index contributed by atoms with van der Waals surface area (Å²) < 4.78 is 0. The average molecular weight is 260 g/mol. The molecule has 1 aliphatic rings. The van der Waals surface area contributed by atoms with E-state index >= 15 is 0 Å². The predicted molar refractivity (Wildman–Crippen MR) is 82.3 cm³/mol. The first-order valence-corrected chi connectivity index (χ1v) is 7.69. The van der Waals surface area contributed by atoms with Crippen LogP contribution in [0.25, 0.3) is 0 Å². The molecular weight excluding hydrogens is 232 g/mol. The van der Waals surface area contributed by atoms with Gasteiger partial charge in [0.05, 0.1) is 0 Å². The van der Waals surface area contributed by atoms with E-state index < -0.39 is 0 Å². The van der Waals surface area contributed by atoms with Crippen LogP contribution in [0.4, 0.5) is 0 Å². The van der Waals surface area contributed by atoms with Crippen molar-refractivity contribution in [3.63, 3.8) is 0 Å². The van der Waals surface area contributed by atoms with E-state index in [1.807, 2.05) is 0 Å². The summed E-state index contributed by atoms with van der Waals surface area (Å²) in [5.74, 6) is 0.595. The molecule has 106 valence electrons. The topological polar surface area (TPSA) is 29.3 Å². The Bertz CT molecular complexity index is 375. The minimum Gasteiger partial charge on any atom is -0.326 e. The fourth-order valence-corrected chi connectivity index (χ4v) is 3.12. The lowest BCUT2D eigenvalue weighted by atomic mass is 9.94. The maximum atomic E-state index is 6.26. The smallest absolute Gasteiger partial charge is 0.0496 e. The van der Waals surface area contributed by atoms with Crippen LogP contribution in [0.3, 0.4) is 0 Å². The van der Waals surface area contributed by atoms with Gasteiger partial charge in [-0.05, 0) is 49.9 Å². The van der Waals surface area contributed by atoms with Gasteiger partial charge in [-0.1, -0.05) is 44.5 Å². The molecule has 1 fully saturated rings. The summed E-state index contributed by atoms with van der Waals surface area (Å²) in [7, 11) is 0. The fourth-order valence-electron chi connectivity index (χ4n) is 3.12. The molecule has 1 heterocycles. The van der Waals surface area contributed by atoms with Gasteiger partial charge in [0, 0.05) is 12.1 Å². The number of benzene rings is 1. The number of hydrogen-bond donors (Lipinski definition) is 1. The van der Waals surface area contributed by atoms with Crippen LogP contribution in [0.5, 0.6) is 0 Å². The van der Waals surface area contributed by atoms with Crippen molar-refractivity contribution < 1.29 is 0 Å². The van der Waals surface area contributed by atoms with Gasteiger partial charge in [0.15, 0.2) is 0 Å². The summed E-state index contributed by atoms with van der Waals surface area (Å²) in [5.41, 5.74) is 9.04. The maximum Gasteiger partial charge on any atom is 0.0496 e. The van der Waals surface area contributed by atoms with Crippen LogP contribution in [0, 0.1) is 0 Å². The van der Waals surface area contributed by atoms with E-state index in [0.29, 0.717) is 12.0 Å². The van der Waals surface area contributed by atoms with Crippen LogP contribution in [0.1, 0.15) is 63.1 Å². The molecule has 1 saturated heterocycles. The van der Waals surface area contributed by atoms with E-state index in [9.17, 15) is 0 Å². The third-order valence-corrected chi connectivity index (χ3v) is 4.23. The second-order valence-corrected chi connectivity index (χ2v) is 6.22. The van der Waals surface area contributed by atoms with Gasteiger partial charge in [-0.3, -0.25) is 4.90 Å². The van der Waals surface area contributed by atoms with E-state index in [4.69, 9.17) is 5.73 Å². The summed E-state index contributed by atoms with van der Waals surface area (Å²) in [6, 6.07) is 9.64. The lowest BCUT2D eigenvalue weighted by Gasteiger charge is -2.37. The number of hydrogen-bond acceptors (Lipinski definition) is 2. The molecule has 0 bridgehead atoms. The highest BCUT2D eigenvalue weighted by atomic mass is 15.2. The first-order valence-electron chi connectivity index (χ1n) is 7.69. The molecule has 1 aliphatic heterocycles. The van der Waals surface area contributed by atoms with E-state index in [2.05, 4.69) is 49.9 Å². The Hall–Kier alpha value is -0.860. The Kier molecular flexibility index (Phi) is 5.00. The first-order chi connectivity index (χ1) is 9.09. The molecule has 2 N–H and O–H groups in total. The lowest BCUT2D eigenvalue weighted by molar-refractivity contribution is 0.146. The van der Waals surface area contributed by atoms with Crippen molar-refractivity contribution in [2.75, 3.05) is 13.1 Å². The van der Waals surface area contributed by atoms with Gasteiger partial charge in [0.1, 0.15) is 0 Å². The van der Waals surface area contributed by atoms with Gasteiger partial charge in [-0.2, -0.15) is 0 Å². The van der Waals surface area contributed by atoms with Crippen molar-refractivity contribution >= 4 is 0 Å². The highest BCUT2D eigenvalue weighted by Gasteiger charge is 2.25. The minimum atomic E-state index is 0.183. The molecule has 2 unspecified atom stereocenters. The Morgan fingerprint density at radius 2 is 1.42 bits per heavy atom. The molecule has 1 aromatic rings. The summed E-state index contributed by atoms with van der Waals surface area (Å²) >= 11 is 0. The van der Waals surface area contributed by atoms with E-state index in [0.717, 1.165) is 0 Å². The average Bonchev–Trinajstić information content (AvgIpc) is 2.40. The van der Waals surface area contributed by atoms with Crippen LogP contribution < -0.4 is 5.73 Å². The van der Waals surface area contributed by atoms with E-state index in [1.165, 1.54) is 43.5 Å². The molecule has 19 heavy (non-hydrogen) atoms. The minimum absolute atomic E-state index is 0.183. The van der Waals surface area contributed by atoms with Crippen molar-refractivity contribution in [1.82, 2.24) is 4.90 Å². The third-order valence-electron chi connectivity index (χ3n) is 4.23. The zero-order valence-corrected chi connectivity index (χ0v) is 12.6. The second kappa shape index (κ2) is 6.53. The Labute approximate surface area is 118 Å². The van der Waals surface area contributed by atoms with Gasteiger partial charge in [0.25, 0.3) is 0 Å². The predicted octanol–water partition coefficient (Wildman–Crippen LogP) is 3.68. The summed E-state index contributed by atoms with van der Waals surface area (Å²) in [5, 5.41) is 0. The monoisotopic (exact) mass is 260 g/mol. The largest absolute Gasteiger partial charge is 0.326 e. The van der Waals surface area contributed by atoms with E-state index in [-0.39, 0.29) is 6.04 Å². The van der Waals surface area contributed by atoms with Gasteiger partial charge in [-0.25, -0.2) is 0 Å². The van der Waals surface area contributed by atoms with Crippen LogP contribution in [-0.4, -0.2) is 24.0 Å². The normalized spacial score (nSPS) is 20.5. The highest BCUT2D eigenvalue weighted by Crippen LogP contribution is 2.28. The van der Waals surface area contributed by atoms with Crippen molar-refractivity contribution in [3.8, 4) is 0 Å². The molecule has 2 nitrogen and oxygen atoms in total. The summed E-state index contributed by atoms with van der Waals surface area (Å²) in [4.78, 5) is 2.57. The van der Waals surface area contributed by atoms with Crippen molar-refractivity contribution in [2.45, 2.75) is 58.0 Å². The SMILES string of the molecule is CC(C)c1ccc(C(C(C)N)N2CCCCC2)cc1. The molecule has 0 radical (unpaired) electrons. The van der Waals surface area contributed by atoms with Crippen LogP contribution in [-0.2, 0) is 0 Å². The zero-order chi connectivity index (χ0) is 13.8. The lowest BCUT2D eigenvalue weighted by Crippen LogP contribution is -2.42. The quantitative estimate of drug-likeness (QED) is 0.894. The number of likely N-dealkylation sites (tertiary alicyclic amines) is 1. The Balaban J connectivity index is 2.18. The maximum absolute atomic E-state index is 6.26. The molecule has 0 amide bonds. The fraction of sp³-hybridized carbons (Fsp3) is 0.647. The molecular formula is C17H28N2. The van der Waals surface area contributed by atoms with Crippen LogP contribution in [0.15, 0.2) is 24.3 Å². The highest BCUT2D eigenvalue weighted by molar-refractivity contribution is 5.27. The van der Waals surface area contributed by atoms with Gasteiger partial charge in [-0.15, -0.1) is 0 Å². The van der Waals surface area contributed by atoms with Crippen molar-refractivity contribution in [2.24, 2.45) is 5.73 Å². The Morgan fingerprint density at radius 1 is 0.895 bits per heavy atom. The number of piperidine rings is 1. The van der Waals surface area contributed by atoms with Crippen molar-refractivity contribution in [1.29, 1.82) is 0 Å². The van der Waals surface area contributed by atoms with E-state index in [1.54, 1.807) is 0 Å². The number of rotatable bonds is 4. The number of nitrogens with two attached hydrogens (primary N) is 1.